The van der Waals surface area contributed by atoms with Gasteiger partial charge in [-0.05, 0) is 19.1 Å². The van der Waals surface area contributed by atoms with E-state index in [0.29, 0.717) is 5.88 Å². The Labute approximate surface area is 90.8 Å². The lowest BCUT2D eigenvalue weighted by molar-refractivity contribution is 1.04. The average molecular weight is 226 g/mol. The first-order valence-corrected chi connectivity index (χ1v) is 5.46. The minimum Gasteiger partial charge on any atom is -0.261 e. The van der Waals surface area contributed by atoms with Crippen molar-refractivity contribution in [3.05, 3.63) is 29.0 Å². The molecule has 0 fully saturated rings. The molecule has 0 spiro atoms. The quantitative estimate of drug-likeness (QED) is 0.738. The van der Waals surface area contributed by atoms with Gasteiger partial charge in [-0.3, -0.25) is 4.98 Å². The van der Waals surface area contributed by atoms with E-state index in [1.165, 1.54) is 11.3 Å². The van der Waals surface area contributed by atoms with Crippen molar-refractivity contribution < 1.29 is 0 Å². The maximum atomic E-state index is 5.66. The minimum absolute atomic E-state index is 0.414. The number of halogens is 1. The Morgan fingerprint density at radius 3 is 2.93 bits per heavy atom. The maximum Gasteiger partial charge on any atom is 0.149 e. The van der Waals surface area contributed by atoms with Crippen molar-refractivity contribution in [2.45, 2.75) is 12.8 Å². The lowest BCUT2D eigenvalue weighted by atomic mass is 10.2. The topological polar surface area (TPSA) is 38.7 Å². The summed E-state index contributed by atoms with van der Waals surface area (Å²) in [6, 6.07) is 3.88. The molecule has 2 aromatic rings. The van der Waals surface area contributed by atoms with Crippen LogP contribution in [0.15, 0.2) is 18.3 Å². The van der Waals surface area contributed by atoms with Gasteiger partial charge < -0.3 is 0 Å². The molecule has 0 atom stereocenters. The van der Waals surface area contributed by atoms with Crippen molar-refractivity contribution in [1.29, 1.82) is 0 Å². The van der Waals surface area contributed by atoms with Gasteiger partial charge >= 0.3 is 0 Å². The molecule has 0 unspecified atom stereocenters. The minimum atomic E-state index is 0.414. The average Bonchev–Trinajstić information content (AvgIpc) is 2.67. The van der Waals surface area contributed by atoms with Gasteiger partial charge in [-0.2, -0.15) is 0 Å². The molecule has 72 valence electrons. The predicted molar refractivity (Wildman–Crippen MR) is 57.4 cm³/mol. The number of rotatable bonds is 2. The van der Waals surface area contributed by atoms with Crippen LogP contribution in [0.3, 0.4) is 0 Å². The van der Waals surface area contributed by atoms with Crippen molar-refractivity contribution >= 4 is 22.9 Å². The number of hydrogen-bond donors (Lipinski definition) is 0. The van der Waals surface area contributed by atoms with E-state index in [-0.39, 0.29) is 0 Å². The van der Waals surface area contributed by atoms with Crippen LogP contribution in [-0.2, 0) is 5.88 Å². The Kier molecular flexibility index (Phi) is 2.74. The predicted octanol–water partition coefficient (Wildman–Crippen LogP) is 2.65. The number of aromatic nitrogens is 3. The Bertz CT molecular complexity index is 441. The van der Waals surface area contributed by atoms with Crippen molar-refractivity contribution in [2.75, 3.05) is 0 Å². The summed E-state index contributed by atoms with van der Waals surface area (Å²) in [5.74, 6) is 0.414. The maximum absolute atomic E-state index is 5.66. The van der Waals surface area contributed by atoms with E-state index in [2.05, 4.69) is 15.2 Å². The van der Waals surface area contributed by atoms with Gasteiger partial charge in [0.05, 0.1) is 5.88 Å². The zero-order chi connectivity index (χ0) is 9.97. The van der Waals surface area contributed by atoms with Crippen LogP contribution in [0.1, 0.15) is 10.7 Å². The van der Waals surface area contributed by atoms with Gasteiger partial charge in [0.1, 0.15) is 10.0 Å². The van der Waals surface area contributed by atoms with Crippen LogP contribution in [-0.4, -0.2) is 15.2 Å². The van der Waals surface area contributed by atoms with E-state index in [4.69, 9.17) is 11.6 Å². The van der Waals surface area contributed by atoms with Gasteiger partial charge in [-0.15, -0.1) is 21.8 Å². The highest BCUT2D eigenvalue weighted by Gasteiger charge is 2.08. The van der Waals surface area contributed by atoms with Crippen molar-refractivity contribution in [3.8, 4) is 10.6 Å². The van der Waals surface area contributed by atoms with Crippen LogP contribution in [0, 0.1) is 6.92 Å². The summed E-state index contributed by atoms with van der Waals surface area (Å²) in [7, 11) is 0. The van der Waals surface area contributed by atoms with Crippen molar-refractivity contribution in [1.82, 2.24) is 15.2 Å². The fourth-order valence-corrected chi connectivity index (χ4v) is 2.11. The lowest BCUT2D eigenvalue weighted by Gasteiger charge is -1.97. The summed E-state index contributed by atoms with van der Waals surface area (Å²) in [5.41, 5.74) is 1.99. The van der Waals surface area contributed by atoms with Gasteiger partial charge in [0.25, 0.3) is 0 Å². The van der Waals surface area contributed by atoms with E-state index < -0.39 is 0 Å². The van der Waals surface area contributed by atoms with Crippen LogP contribution < -0.4 is 0 Å². The standard InChI is InChI=1S/C9H8ClN3S/c1-6-7(3-2-4-11-6)9-13-12-8(5-10)14-9/h2-4H,5H2,1H3. The number of pyridine rings is 1. The van der Waals surface area contributed by atoms with E-state index in [1.54, 1.807) is 6.20 Å². The summed E-state index contributed by atoms with van der Waals surface area (Å²) in [4.78, 5) is 4.20. The van der Waals surface area contributed by atoms with Gasteiger partial charge in [-0.1, -0.05) is 11.3 Å². The van der Waals surface area contributed by atoms with Crippen LogP contribution in [0.5, 0.6) is 0 Å². The first-order chi connectivity index (χ1) is 6.81. The number of nitrogens with zero attached hydrogens (tertiary/aromatic N) is 3. The molecule has 14 heavy (non-hydrogen) atoms. The van der Waals surface area contributed by atoms with E-state index in [0.717, 1.165) is 21.3 Å². The summed E-state index contributed by atoms with van der Waals surface area (Å²) < 4.78 is 0. The van der Waals surface area contributed by atoms with E-state index in [1.807, 2.05) is 19.1 Å². The van der Waals surface area contributed by atoms with Crippen LogP contribution >= 0.6 is 22.9 Å². The second kappa shape index (κ2) is 4.02. The molecule has 0 saturated carbocycles. The first-order valence-electron chi connectivity index (χ1n) is 4.11. The summed E-state index contributed by atoms with van der Waals surface area (Å²) in [6.07, 6.45) is 1.77. The second-order valence-corrected chi connectivity index (χ2v) is 4.10. The first kappa shape index (κ1) is 9.55. The molecule has 0 aliphatic heterocycles. The third-order valence-electron chi connectivity index (χ3n) is 1.82. The fraction of sp³-hybridized carbons (Fsp3) is 0.222. The number of hydrogen-bond acceptors (Lipinski definition) is 4. The van der Waals surface area contributed by atoms with Crippen LogP contribution in [0.2, 0.25) is 0 Å². The summed E-state index contributed by atoms with van der Waals surface area (Å²) in [5, 5.41) is 9.74. The molecule has 0 saturated heterocycles. The molecular weight excluding hydrogens is 218 g/mol. The molecule has 2 rings (SSSR count). The van der Waals surface area contributed by atoms with Gasteiger partial charge in [0.15, 0.2) is 0 Å². The third kappa shape index (κ3) is 1.76. The largest absolute Gasteiger partial charge is 0.261 e. The molecule has 0 radical (unpaired) electrons. The van der Waals surface area contributed by atoms with E-state index in [9.17, 15) is 0 Å². The highest BCUT2D eigenvalue weighted by Crippen LogP contribution is 2.25. The molecule has 0 bridgehead atoms. The smallest absolute Gasteiger partial charge is 0.149 e. The molecule has 2 heterocycles. The Morgan fingerprint density at radius 1 is 1.43 bits per heavy atom. The molecule has 0 aliphatic rings. The molecule has 0 aromatic carbocycles. The lowest BCUT2D eigenvalue weighted by Crippen LogP contribution is -1.85. The Hall–Kier alpha value is -1.00. The highest BCUT2D eigenvalue weighted by atomic mass is 35.5. The molecule has 0 aliphatic carbocycles. The van der Waals surface area contributed by atoms with Gasteiger partial charge in [-0.25, -0.2) is 0 Å². The zero-order valence-electron chi connectivity index (χ0n) is 7.57. The van der Waals surface area contributed by atoms with Gasteiger partial charge in [0.2, 0.25) is 0 Å². The third-order valence-corrected chi connectivity index (χ3v) is 3.19. The molecular formula is C9H8ClN3S. The molecule has 2 aromatic heterocycles. The summed E-state index contributed by atoms with van der Waals surface area (Å²) in [6.45, 7) is 1.96. The fourth-order valence-electron chi connectivity index (χ4n) is 1.13. The summed E-state index contributed by atoms with van der Waals surface area (Å²) >= 11 is 7.17. The van der Waals surface area contributed by atoms with Crippen LogP contribution in [0.25, 0.3) is 10.6 Å². The number of alkyl halides is 1. The van der Waals surface area contributed by atoms with E-state index >= 15 is 0 Å². The van der Waals surface area contributed by atoms with Crippen molar-refractivity contribution in [2.24, 2.45) is 0 Å². The second-order valence-electron chi connectivity index (χ2n) is 2.77. The zero-order valence-corrected chi connectivity index (χ0v) is 9.14. The number of aryl methyl sites for hydroxylation is 1. The monoisotopic (exact) mass is 225 g/mol. The highest BCUT2D eigenvalue weighted by molar-refractivity contribution is 7.14. The molecule has 0 amide bonds. The van der Waals surface area contributed by atoms with Crippen LogP contribution in [0.4, 0.5) is 0 Å². The normalized spacial score (nSPS) is 10.4. The van der Waals surface area contributed by atoms with Crippen molar-refractivity contribution in [3.63, 3.8) is 0 Å². The molecule has 3 nitrogen and oxygen atoms in total. The van der Waals surface area contributed by atoms with Gasteiger partial charge in [0, 0.05) is 17.5 Å². The molecule has 0 N–H and O–H groups in total. The Balaban J connectivity index is 2.44. The SMILES string of the molecule is Cc1ncccc1-c1nnc(CCl)s1. The Morgan fingerprint density at radius 2 is 2.29 bits per heavy atom. The molecule has 5 heteroatoms.